The fourth-order valence-electron chi connectivity index (χ4n) is 5.73. The van der Waals surface area contributed by atoms with Crippen molar-refractivity contribution in [2.45, 2.75) is 129 Å². The van der Waals surface area contributed by atoms with E-state index in [1.807, 2.05) is 51.7 Å². The second-order valence-electron chi connectivity index (χ2n) is 12.8. The molecule has 0 aromatic heterocycles. The van der Waals surface area contributed by atoms with Crippen LogP contribution < -0.4 is 0 Å². The number of carbonyl (C=O) groups is 2. The summed E-state index contributed by atoms with van der Waals surface area (Å²) >= 11 is 0. The van der Waals surface area contributed by atoms with Crippen LogP contribution in [0.25, 0.3) is 0 Å². The second-order valence-corrected chi connectivity index (χ2v) is 12.8. The molecule has 242 valence electrons. The predicted molar refractivity (Wildman–Crippen MR) is 156 cm³/mol. The number of ether oxygens (including phenoxy) is 3. The van der Waals surface area contributed by atoms with Gasteiger partial charge in [-0.2, -0.15) is 0 Å². The van der Waals surface area contributed by atoms with Gasteiger partial charge in [0.1, 0.15) is 18.1 Å². The monoisotopic (exact) mass is 590 g/mol. The van der Waals surface area contributed by atoms with Crippen LogP contribution in [0.15, 0.2) is 0 Å². The molecule has 1 rings (SSSR count). The van der Waals surface area contributed by atoms with Crippen LogP contribution in [0.2, 0.25) is 0 Å². The van der Waals surface area contributed by atoms with E-state index < -0.39 is 59.9 Å². The Morgan fingerprint density at radius 3 is 2.20 bits per heavy atom. The summed E-state index contributed by atoms with van der Waals surface area (Å²) < 4.78 is 17.7. The molecular weight excluding hydrogens is 532 g/mol. The molecule has 0 amide bonds. The molecule has 1 heterocycles. The van der Waals surface area contributed by atoms with Gasteiger partial charge in [0, 0.05) is 24.5 Å². The fraction of sp³-hybridized carbons (Fsp3) is 0.933. The zero-order valence-electron chi connectivity index (χ0n) is 27.1. The van der Waals surface area contributed by atoms with Crippen molar-refractivity contribution in [2.75, 3.05) is 34.3 Å². The van der Waals surface area contributed by atoms with Crippen molar-refractivity contribution < 1.29 is 44.2 Å². The van der Waals surface area contributed by atoms with E-state index in [-0.39, 0.29) is 37.1 Å². The lowest BCUT2D eigenvalue weighted by molar-refractivity contribution is -0.293. The third kappa shape index (κ3) is 10.8. The van der Waals surface area contributed by atoms with E-state index in [9.17, 15) is 30.0 Å². The lowest BCUT2D eigenvalue weighted by Crippen LogP contribution is -2.58. The van der Waals surface area contributed by atoms with Gasteiger partial charge in [0.05, 0.1) is 30.5 Å². The molecule has 1 unspecified atom stereocenters. The molecule has 0 aromatic carbocycles. The van der Waals surface area contributed by atoms with Crippen molar-refractivity contribution in [3.05, 3.63) is 0 Å². The summed E-state index contributed by atoms with van der Waals surface area (Å²) in [6.45, 7) is 14.3. The topological polar surface area (TPSA) is 149 Å². The lowest BCUT2D eigenvalue weighted by Gasteiger charge is -2.45. The highest BCUT2D eigenvalue weighted by Crippen LogP contribution is 2.34. The number of likely N-dealkylation sites (N-methyl/N-ethyl adjacent to an activating group) is 2. The van der Waals surface area contributed by atoms with E-state index in [4.69, 9.17) is 14.2 Å². The SMILES string of the molecule is CC[C@@H](OC(=O)[C@H](C)C(=O)[C@H](C)[C@@H](O[C@@H]1O[C@H](C)C[C@H](N(C)C)[C@H]1O)[C@](C)(O)C[C@@H](C)CN(C)[C@H](C)CO)C(C)O. The van der Waals surface area contributed by atoms with Crippen molar-refractivity contribution in [2.24, 2.45) is 17.8 Å². The van der Waals surface area contributed by atoms with Crippen LogP contribution in [0.1, 0.15) is 74.7 Å². The molecule has 0 radical (unpaired) electrons. The van der Waals surface area contributed by atoms with Gasteiger partial charge in [-0.25, -0.2) is 0 Å². The second kappa shape index (κ2) is 16.6. The smallest absolute Gasteiger partial charge is 0.316 e. The number of rotatable bonds is 17. The molecule has 41 heavy (non-hydrogen) atoms. The van der Waals surface area contributed by atoms with Gasteiger partial charge in [0.2, 0.25) is 0 Å². The molecule has 12 atom stereocenters. The molecule has 11 nitrogen and oxygen atoms in total. The highest BCUT2D eigenvalue weighted by atomic mass is 16.7. The Hall–Kier alpha value is -1.18. The Bertz CT molecular complexity index is 809. The van der Waals surface area contributed by atoms with Gasteiger partial charge in [0.25, 0.3) is 0 Å². The minimum atomic E-state index is -1.55. The molecule has 0 saturated carbocycles. The van der Waals surface area contributed by atoms with E-state index in [0.717, 1.165) is 0 Å². The zero-order valence-corrected chi connectivity index (χ0v) is 27.1. The number of Topliss-reactive ketones (excluding diaryl/α,β-unsaturated/α-hetero) is 1. The molecule has 1 aliphatic heterocycles. The highest BCUT2D eigenvalue weighted by Gasteiger charge is 2.47. The number of aliphatic hydroxyl groups excluding tert-OH is 3. The average Bonchev–Trinajstić information content (AvgIpc) is 2.88. The van der Waals surface area contributed by atoms with Crippen LogP contribution in [0.3, 0.4) is 0 Å². The first-order valence-electron chi connectivity index (χ1n) is 15.0. The molecular formula is C30H58N2O9. The van der Waals surface area contributed by atoms with Crippen LogP contribution in [0.5, 0.6) is 0 Å². The van der Waals surface area contributed by atoms with Gasteiger partial charge in [-0.15, -0.1) is 0 Å². The molecule has 0 bridgehead atoms. The minimum absolute atomic E-state index is 0.000946. The Kier molecular flexibility index (Phi) is 15.3. The molecule has 4 N–H and O–H groups in total. The van der Waals surface area contributed by atoms with E-state index >= 15 is 0 Å². The van der Waals surface area contributed by atoms with Crippen LogP contribution >= 0.6 is 0 Å². The van der Waals surface area contributed by atoms with E-state index in [2.05, 4.69) is 0 Å². The van der Waals surface area contributed by atoms with Gasteiger partial charge in [-0.05, 0) is 80.9 Å². The molecule has 1 saturated heterocycles. The summed E-state index contributed by atoms with van der Waals surface area (Å²) in [5, 5.41) is 42.4. The number of ketones is 1. The number of esters is 1. The summed E-state index contributed by atoms with van der Waals surface area (Å²) in [6, 6.07) is -0.320. The van der Waals surface area contributed by atoms with E-state index in [0.29, 0.717) is 19.4 Å². The van der Waals surface area contributed by atoms with Crippen molar-refractivity contribution in [3.63, 3.8) is 0 Å². The Balaban J connectivity index is 3.30. The van der Waals surface area contributed by atoms with Crippen LogP contribution in [-0.4, -0.2) is 131 Å². The zero-order chi connectivity index (χ0) is 31.8. The van der Waals surface area contributed by atoms with Gasteiger partial charge in [0.15, 0.2) is 12.1 Å². The third-order valence-corrected chi connectivity index (χ3v) is 8.44. The Morgan fingerprint density at radius 1 is 1.12 bits per heavy atom. The quantitative estimate of drug-likeness (QED) is 0.144. The summed E-state index contributed by atoms with van der Waals surface area (Å²) in [6.07, 6.45) is -3.90. The largest absolute Gasteiger partial charge is 0.459 e. The first kappa shape index (κ1) is 37.8. The standard InChI is InChI=1S/C30H58N2O9/c1-12-24(22(7)34)40-28(37)21(6)25(35)20(5)27(30(8,38)14-17(2)15-32(11)18(3)16-33)41-29-26(36)23(31(9)10)13-19(4)39-29/h17-24,26-27,29,33-34,36,38H,12-16H2,1-11H3/t17-,18-,19-,20+,21-,22?,23+,24-,26-,27-,29+,30-/m1/s1. The predicted octanol–water partition coefficient (Wildman–Crippen LogP) is 1.43. The first-order chi connectivity index (χ1) is 18.9. The van der Waals surface area contributed by atoms with Crippen LogP contribution in [0.4, 0.5) is 0 Å². The average molecular weight is 591 g/mol. The summed E-state index contributed by atoms with van der Waals surface area (Å²) in [4.78, 5) is 30.4. The summed E-state index contributed by atoms with van der Waals surface area (Å²) in [5.41, 5.74) is -1.55. The summed E-state index contributed by atoms with van der Waals surface area (Å²) in [5.74, 6) is -3.43. The molecule has 0 aromatic rings. The van der Waals surface area contributed by atoms with Gasteiger partial charge < -0.3 is 44.4 Å². The molecule has 1 fully saturated rings. The van der Waals surface area contributed by atoms with Crippen molar-refractivity contribution in [1.29, 1.82) is 0 Å². The van der Waals surface area contributed by atoms with Crippen molar-refractivity contribution >= 4 is 11.8 Å². The number of nitrogens with zero attached hydrogens (tertiary/aromatic N) is 2. The maximum absolute atomic E-state index is 13.7. The van der Waals surface area contributed by atoms with Gasteiger partial charge >= 0.3 is 5.97 Å². The molecule has 0 spiro atoms. The highest BCUT2D eigenvalue weighted by molar-refractivity contribution is 6.00. The maximum atomic E-state index is 13.7. The Labute approximate surface area is 247 Å². The lowest BCUT2D eigenvalue weighted by atomic mass is 9.78. The molecule has 0 aliphatic carbocycles. The van der Waals surface area contributed by atoms with Gasteiger partial charge in [-0.3, -0.25) is 9.59 Å². The first-order valence-corrected chi connectivity index (χ1v) is 15.0. The number of aliphatic hydroxyl groups is 4. The minimum Gasteiger partial charge on any atom is -0.459 e. The van der Waals surface area contributed by atoms with E-state index in [1.54, 1.807) is 20.8 Å². The third-order valence-electron chi connectivity index (χ3n) is 8.44. The number of hydrogen-bond acceptors (Lipinski definition) is 11. The van der Waals surface area contributed by atoms with E-state index in [1.165, 1.54) is 13.8 Å². The van der Waals surface area contributed by atoms with Crippen LogP contribution in [-0.2, 0) is 23.8 Å². The van der Waals surface area contributed by atoms with Crippen LogP contribution in [0, 0.1) is 17.8 Å². The fourth-order valence-corrected chi connectivity index (χ4v) is 5.73. The normalized spacial score (nSPS) is 28.3. The van der Waals surface area contributed by atoms with Crippen molar-refractivity contribution in [1.82, 2.24) is 9.80 Å². The number of carbonyl (C=O) groups excluding carboxylic acids is 2. The Morgan fingerprint density at radius 2 is 1.71 bits per heavy atom. The molecule has 11 heteroatoms. The van der Waals surface area contributed by atoms with Crippen molar-refractivity contribution in [3.8, 4) is 0 Å². The maximum Gasteiger partial charge on any atom is 0.316 e. The summed E-state index contributed by atoms with van der Waals surface area (Å²) in [7, 11) is 5.61. The van der Waals surface area contributed by atoms with Gasteiger partial charge in [-0.1, -0.05) is 20.8 Å². The molecule has 1 aliphatic rings. The number of hydrogen-bond donors (Lipinski definition) is 4.